The van der Waals surface area contributed by atoms with E-state index >= 15 is 0 Å². The van der Waals surface area contributed by atoms with E-state index in [0.29, 0.717) is 23.0 Å². The zero-order valence-corrected chi connectivity index (χ0v) is 14.2. The maximum atomic E-state index is 11.8. The molecule has 0 aliphatic heterocycles. The summed E-state index contributed by atoms with van der Waals surface area (Å²) in [5.41, 5.74) is 1.15. The molecule has 0 aromatic carbocycles. The number of anilines is 1. The molecule has 0 saturated carbocycles. The van der Waals surface area contributed by atoms with Gasteiger partial charge in [0.1, 0.15) is 0 Å². The van der Waals surface area contributed by atoms with Gasteiger partial charge in [-0.25, -0.2) is 9.78 Å². The molecule has 2 amide bonds. The van der Waals surface area contributed by atoms with Crippen molar-refractivity contribution >= 4 is 28.5 Å². The Labute approximate surface area is 142 Å². The van der Waals surface area contributed by atoms with Crippen molar-refractivity contribution < 1.29 is 19.4 Å². The molecule has 0 saturated heterocycles. The number of esters is 1. The number of aliphatic hydroxyl groups excluding tert-OH is 1. The van der Waals surface area contributed by atoms with Gasteiger partial charge in [-0.1, -0.05) is 0 Å². The van der Waals surface area contributed by atoms with Crippen LogP contribution in [0.3, 0.4) is 0 Å². The van der Waals surface area contributed by atoms with Gasteiger partial charge in [0, 0.05) is 30.7 Å². The molecule has 0 aliphatic rings. The van der Waals surface area contributed by atoms with E-state index in [0.717, 1.165) is 0 Å². The fraction of sp³-hybridized carbons (Fsp3) is 0.429. The highest BCUT2D eigenvalue weighted by molar-refractivity contribution is 7.13. The molecule has 0 fully saturated rings. The SMILES string of the molecule is CCOC(=O)Cc1csc(NC(=O)NCC(O)c2cnn(C)c2)n1. The first-order chi connectivity index (χ1) is 11.5. The smallest absolute Gasteiger partial charge is 0.321 e. The monoisotopic (exact) mass is 353 g/mol. The Balaban J connectivity index is 1.78. The van der Waals surface area contributed by atoms with Crippen LogP contribution in [-0.4, -0.2) is 45.0 Å². The Morgan fingerprint density at radius 2 is 2.29 bits per heavy atom. The van der Waals surface area contributed by atoms with E-state index in [9.17, 15) is 14.7 Å². The lowest BCUT2D eigenvalue weighted by atomic mass is 10.2. The topological polar surface area (TPSA) is 118 Å². The van der Waals surface area contributed by atoms with Gasteiger partial charge in [0.15, 0.2) is 5.13 Å². The zero-order valence-electron chi connectivity index (χ0n) is 13.4. The van der Waals surface area contributed by atoms with Gasteiger partial charge >= 0.3 is 12.0 Å². The van der Waals surface area contributed by atoms with Gasteiger partial charge in [-0.2, -0.15) is 5.10 Å². The number of carbonyl (C=O) groups excluding carboxylic acids is 2. The number of hydrogen-bond donors (Lipinski definition) is 3. The van der Waals surface area contributed by atoms with Crippen LogP contribution in [-0.2, 0) is 23.0 Å². The predicted octanol–water partition coefficient (Wildman–Crippen LogP) is 0.837. The third-order valence-corrected chi connectivity index (χ3v) is 3.78. The molecule has 2 aromatic heterocycles. The summed E-state index contributed by atoms with van der Waals surface area (Å²) >= 11 is 1.21. The van der Waals surface area contributed by atoms with E-state index < -0.39 is 12.1 Å². The Hall–Kier alpha value is -2.46. The Morgan fingerprint density at radius 3 is 2.96 bits per heavy atom. The summed E-state index contributed by atoms with van der Waals surface area (Å²) in [5.74, 6) is -0.363. The fourth-order valence-electron chi connectivity index (χ4n) is 1.87. The molecule has 130 valence electrons. The second-order valence-electron chi connectivity index (χ2n) is 4.92. The first-order valence-corrected chi connectivity index (χ1v) is 8.17. The average molecular weight is 353 g/mol. The van der Waals surface area contributed by atoms with E-state index in [1.165, 1.54) is 17.5 Å². The quantitative estimate of drug-likeness (QED) is 0.635. The minimum absolute atomic E-state index is 0.0403. The van der Waals surface area contributed by atoms with Crippen molar-refractivity contribution in [1.29, 1.82) is 0 Å². The van der Waals surface area contributed by atoms with E-state index in [1.807, 2.05) is 0 Å². The number of amides is 2. The molecule has 9 nitrogen and oxygen atoms in total. The molecule has 24 heavy (non-hydrogen) atoms. The fourth-order valence-corrected chi connectivity index (χ4v) is 2.57. The normalized spacial score (nSPS) is 11.8. The minimum Gasteiger partial charge on any atom is -0.466 e. The van der Waals surface area contributed by atoms with Gasteiger partial charge in [-0.15, -0.1) is 11.3 Å². The number of rotatable bonds is 7. The molecular formula is C14H19N5O4S. The van der Waals surface area contributed by atoms with Crippen LogP contribution in [0, 0.1) is 0 Å². The standard InChI is InChI=1S/C14H19N5O4S/c1-3-23-12(21)4-10-8-24-14(17-10)18-13(22)15-6-11(20)9-5-16-19(2)7-9/h5,7-8,11,20H,3-4,6H2,1-2H3,(H2,15,17,18,22). The second-order valence-corrected chi connectivity index (χ2v) is 5.78. The molecule has 0 bridgehead atoms. The third-order valence-electron chi connectivity index (χ3n) is 2.97. The van der Waals surface area contributed by atoms with Crippen LogP contribution in [0.25, 0.3) is 0 Å². The van der Waals surface area contributed by atoms with Crippen LogP contribution in [0.4, 0.5) is 9.93 Å². The molecule has 1 atom stereocenters. The van der Waals surface area contributed by atoms with Crippen LogP contribution >= 0.6 is 11.3 Å². The van der Waals surface area contributed by atoms with E-state index in [1.54, 1.807) is 30.2 Å². The number of ether oxygens (including phenoxy) is 1. The van der Waals surface area contributed by atoms with Gasteiger partial charge in [0.05, 0.1) is 31.0 Å². The van der Waals surface area contributed by atoms with Gasteiger partial charge in [0.2, 0.25) is 0 Å². The first kappa shape index (κ1) is 17.9. The number of aromatic nitrogens is 3. The van der Waals surface area contributed by atoms with Gasteiger partial charge in [0.25, 0.3) is 0 Å². The molecule has 0 radical (unpaired) electrons. The number of nitrogens with one attached hydrogen (secondary N) is 2. The summed E-state index contributed by atoms with van der Waals surface area (Å²) in [4.78, 5) is 27.3. The second kappa shape index (κ2) is 8.41. The number of thiazole rings is 1. The molecule has 0 spiro atoms. The Morgan fingerprint density at radius 1 is 1.50 bits per heavy atom. The highest BCUT2D eigenvalue weighted by Crippen LogP contribution is 2.16. The van der Waals surface area contributed by atoms with Crippen molar-refractivity contribution in [3.05, 3.63) is 29.0 Å². The van der Waals surface area contributed by atoms with Crippen LogP contribution < -0.4 is 10.6 Å². The van der Waals surface area contributed by atoms with Crippen LogP contribution in [0.2, 0.25) is 0 Å². The number of aryl methyl sites for hydroxylation is 1. The minimum atomic E-state index is -0.847. The van der Waals surface area contributed by atoms with Crippen molar-refractivity contribution in [3.8, 4) is 0 Å². The van der Waals surface area contributed by atoms with Crippen LogP contribution in [0.5, 0.6) is 0 Å². The first-order valence-electron chi connectivity index (χ1n) is 7.29. The zero-order chi connectivity index (χ0) is 17.5. The number of urea groups is 1. The van der Waals surface area contributed by atoms with Gasteiger partial charge in [-0.3, -0.25) is 14.8 Å². The lowest BCUT2D eigenvalue weighted by Gasteiger charge is -2.10. The molecule has 2 aromatic rings. The summed E-state index contributed by atoms with van der Waals surface area (Å²) < 4.78 is 6.40. The summed E-state index contributed by atoms with van der Waals surface area (Å²) in [6.45, 7) is 2.09. The summed E-state index contributed by atoms with van der Waals surface area (Å²) in [6.07, 6.45) is 2.42. The summed E-state index contributed by atoms with van der Waals surface area (Å²) in [6, 6.07) is -0.491. The van der Waals surface area contributed by atoms with Gasteiger partial charge < -0.3 is 15.2 Å². The van der Waals surface area contributed by atoms with Crippen molar-refractivity contribution in [2.75, 3.05) is 18.5 Å². The van der Waals surface area contributed by atoms with Crippen molar-refractivity contribution in [2.45, 2.75) is 19.4 Å². The maximum absolute atomic E-state index is 11.8. The highest BCUT2D eigenvalue weighted by Gasteiger charge is 2.13. The lowest BCUT2D eigenvalue weighted by Crippen LogP contribution is -2.32. The maximum Gasteiger partial charge on any atom is 0.321 e. The number of hydrogen-bond acceptors (Lipinski definition) is 7. The molecule has 2 rings (SSSR count). The van der Waals surface area contributed by atoms with E-state index in [-0.39, 0.29) is 18.9 Å². The largest absolute Gasteiger partial charge is 0.466 e. The van der Waals surface area contributed by atoms with Crippen LogP contribution in [0.15, 0.2) is 17.8 Å². The summed E-state index contributed by atoms with van der Waals surface area (Å²) in [7, 11) is 1.74. The highest BCUT2D eigenvalue weighted by atomic mass is 32.1. The molecule has 3 N–H and O–H groups in total. The number of nitrogens with zero attached hydrogens (tertiary/aromatic N) is 3. The third kappa shape index (κ3) is 5.32. The number of carbonyl (C=O) groups is 2. The Bertz CT molecular complexity index is 699. The molecular weight excluding hydrogens is 334 g/mol. The average Bonchev–Trinajstić information content (AvgIpc) is 3.14. The van der Waals surface area contributed by atoms with Crippen molar-refractivity contribution in [2.24, 2.45) is 7.05 Å². The molecule has 2 heterocycles. The lowest BCUT2D eigenvalue weighted by molar-refractivity contribution is -0.142. The molecule has 0 aliphatic carbocycles. The van der Waals surface area contributed by atoms with Crippen LogP contribution in [0.1, 0.15) is 24.3 Å². The molecule has 1 unspecified atom stereocenters. The van der Waals surface area contributed by atoms with E-state index in [2.05, 4.69) is 20.7 Å². The van der Waals surface area contributed by atoms with Gasteiger partial charge in [-0.05, 0) is 6.92 Å². The molecule has 10 heteroatoms. The van der Waals surface area contributed by atoms with E-state index in [4.69, 9.17) is 4.74 Å². The Kier molecular flexibility index (Phi) is 6.27. The van der Waals surface area contributed by atoms with Crippen molar-refractivity contribution in [3.63, 3.8) is 0 Å². The van der Waals surface area contributed by atoms with Crippen molar-refractivity contribution in [1.82, 2.24) is 20.1 Å². The number of aliphatic hydroxyl groups is 1. The summed E-state index contributed by atoms with van der Waals surface area (Å²) in [5, 5.41) is 21.0. The predicted molar refractivity (Wildman–Crippen MR) is 87.6 cm³/mol.